The number of anilines is 1. The number of thiocarbonyl (C=S) groups is 1. The highest BCUT2D eigenvalue weighted by Gasteiger charge is 2.21. The van der Waals surface area contributed by atoms with Gasteiger partial charge in [0.05, 0.1) is 4.92 Å². The van der Waals surface area contributed by atoms with Crippen molar-refractivity contribution in [3.05, 3.63) is 63.2 Å². The number of nitrogens with zero attached hydrogens (tertiary/aromatic N) is 2. The second-order valence-corrected chi connectivity index (χ2v) is 6.24. The van der Waals surface area contributed by atoms with Crippen LogP contribution in [0.25, 0.3) is 0 Å². The molecule has 0 fully saturated rings. The molecule has 0 amide bonds. The van der Waals surface area contributed by atoms with Crippen molar-refractivity contribution in [3.63, 3.8) is 0 Å². The molecule has 1 aliphatic heterocycles. The van der Waals surface area contributed by atoms with Crippen molar-refractivity contribution in [2.45, 2.75) is 13.0 Å². The van der Waals surface area contributed by atoms with Crippen LogP contribution in [0.4, 0.5) is 11.4 Å². The Kier molecular flexibility index (Phi) is 4.72. The summed E-state index contributed by atoms with van der Waals surface area (Å²) in [5, 5.41) is 32.9. The van der Waals surface area contributed by atoms with Gasteiger partial charge >= 0.3 is 5.97 Å². The largest absolute Gasteiger partial charge is 0.507 e. The predicted molar refractivity (Wildman–Crippen MR) is 98.5 cm³/mol. The van der Waals surface area contributed by atoms with Crippen LogP contribution in [0, 0.1) is 10.1 Å². The second-order valence-electron chi connectivity index (χ2n) is 5.85. The first kappa shape index (κ1) is 17.6. The Balaban J connectivity index is 1.75. The third kappa shape index (κ3) is 3.57. The third-order valence-corrected chi connectivity index (χ3v) is 4.54. The van der Waals surface area contributed by atoms with Crippen molar-refractivity contribution >= 4 is 34.7 Å². The zero-order valence-electron chi connectivity index (χ0n) is 13.5. The van der Waals surface area contributed by atoms with Gasteiger partial charge in [0.15, 0.2) is 5.11 Å². The Labute approximate surface area is 153 Å². The minimum Gasteiger partial charge on any atom is -0.507 e. The zero-order chi connectivity index (χ0) is 18.8. The molecule has 0 aromatic heterocycles. The van der Waals surface area contributed by atoms with E-state index in [2.05, 4.69) is 5.32 Å². The van der Waals surface area contributed by atoms with Gasteiger partial charge in [0.1, 0.15) is 11.3 Å². The smallest absolute Gasteiger partial charge is 0.339 e. The molecule has 134 valence electrons. The van der Waals surface area contributed by atoms with Gasteiger partial charge in [0.2, 0.25) is 0 Å². The number of hydrogen-bond acceptors (Lipinski definition) is 5. The number of nitro groups is 1. The maximum atomic E-state index is 11.1. The first-order valence-corrected chi connectivity index (χ1v) is 8.14. The molecule has 26 heavy (non-hydrogen) atoms. The van der Waals surface area contributed by atoms with E-state index in [4.69, 9.17) is 17.3 Å². The summed E-state index contributed by atoms with van der Waals surface area (Å²) < 4.78 is 0. The van der Waals surface area contributed by atoms with Crippen molar-refractivity contribution in [1.82, 2.24) is 4.90 Å². The van der Waals surface area contributed by atoms with Crippen LogP contribution in [0.1, 0.15) is 21.5 Å². The van der Waals surface area contributed by atoms with Gasteiger partial charge in [-0.15, -0.1) is 0 Å². The molecule has 0 spiro atoms. The van der Waals surface area contributed by atoms with E-state index >= 15 is 0 Å². The topological polar surface area (TPSA) is 116 Å². The van der Waals surface area contributed by atoms with Gasteiger partial charge in [0.25, 0.3) is 5.69 Å². The average molecular weight is 373 g/mol. The van der Waals surface area contributed by atoms with Gasteiger partial charge in [-0.1, -0.05) is 6.07 Å². The summed E-state index contributed by atoms with van der Waals surface area (Å²) in [6.07, 6.45) is 0.700. The number of aromatic hydroxyl groups is 1. The summed E-state index contributed by atoms with van der Waals surface area (Å²) in [5.41, 5.74) is 2.14. The highest BCUT2D eigenvalue weighted by Crippen LogP contribution is 2.25. The molecule has 0 bridgehead atoms. The van der Waals surface area contributed by atoms with Crippen molar-refractivity contribution in [3.8, 4) is 5.75 Å². The Morgan fingerprint density at radius 2 is 2.00 bits per heavy atom. The van der Waals surface area contributed by atoms with Crippen molar-refractivity contribution < 1.29 is 19.9 Å². The van der Waals surface area contributed by atoms with Crippen molar-refractivity contribution in [1.29, 1.82) is 0 Å². The summed E-state index contributed by atoms with van der Waals surface area (Å²) in [5.74, 6) is -1.57. The lowest BCUT2D eigenvalue weighted by Crippen LogP contribution is -2.38. The normalized spacial score (nSPS) is 13.0. The number of rotatable bonds is 3. The molecule has 0 radical (unpaired) electrons. The van der Waals surface area contributed by atoms with E-state index in [1.165, 1.54) is 24.3 Å². The third-order valence-electron chi connectivity index (χ3n) is 4.18. The van der Waals surface area contributed by atoms with E-state index in [0.717, 1.165) is 11.1 Å². The molecule has 0 unspecified atom stereocenters. The zero-order valence-corrected chi connectivity index (χ0v) is 14.3. The predicted octanol–water partition coefficient (Wildman–Crippen LogP) is 2.75. The van der Waals surface area contributed by atoms with E-state index in [9.17, 15) is 20.0 Å². The fraction of sp³-hybridized carbons (Fsp3) is 0.176. The standard InChI is InChI=1S/C17H15N3O5S/c21-15-4-2-12(8-14(15)16(22)23)18-17(26)19-6-5-10-1-3-13(20(24)25)7-11(10)9-19/h1-4,7-8,21H,5-6,9H2,(H,18,26)(H,22,23). The van der Waals surface area contributed by atoms with E-state index < -0.39 is 10.9 Å². The van der Waals surface area contributed by atoms with Crippen LogP contribution in [0.15, 0.2) is 36.4 Å². The lowest BCUT2D eigenvalue weighted by atomic mass is 9.99. The fourth-order valence-corrected chi connectivity index (χ4v) is 3.09. The molecule has 3 N–H and O–H groups in total. The van der Waals surface area contributed by atoms with Crippen LogP contribution in [0.2, 0.25) is 0 Å². The van der Waals surface area contributed by atoms with E-state index in [1.807, 2.05) is 4.90 Å². The van der Waals surface area contributed by atoms with Crippen molar-refractivity contribution in [2.75, 3.05) is 11.9 Å². The monoisotopic (exact) mass is 373 g/mol. The lowest BCUT2D eigenvalue weighted by Gasteiger charge is -2.31. The molecule has 8 nitrogen and oxygen atoms in total. The number of benzene rings is 2. The van der Waals surface area contributed by atoms with Crippen molar-refractivity contribution in [2.24, 2.45) is 0 Å². The number of nitrogens with one attached hydrogen (secondary N) is 1. The molecule has 0 saturated heterocycles. The Morgan fingerprint density at radius 1 is 1.23 bits per heavy atom. The number of fused-ring (bicyclic) bond motifs is 1. The lowest BCUT2D eigenvalue weighted by molar-refractivity contribution is -0.385. The molecule has 3 rings (SSSR count). The van der Waals surface area contributed by atoms with Gasteiger partial charge < -0.3 is 20.4 Å². The molecule has 0 atom stereocenters. The summed E-state index contributed by atoms with van der Waals surface area (Å²) in [6, 6.07) is 8.91. The highest BCUT2D eigenvalue weighted by molar-refractivity contribution is 7.80. The van der Waals surface area contributed by atoms with Gasteiger partial charge in [-0.05, 0) is 48.0 Å². The first-order valence-electron chi connectivity index (χ1n) is 7.73. The Hall–Kier alpha value is -3.20. The molecular formula is C17H15N3O5S. The number of aromatic carboxylic acids is 1. The van der Waals surface area contributed by atoms with E-state index in [1.54, 1.807) is 12.1 Å². The number of carbonyl (C=O) groups is 1. The van der Waals surface area contributed by atoms with Crippen LogP contribution in [0.3, 0.4) is 0 Å². The van der Waals surface area contributed by atoms with E-state index in [-0.39, 0.29) is 17.0 Å². The number of non-ortho nitro benzene ring substituents is 1. The SMILES string of the molecule is O=C(O)c1cc(NC(=S)N2CCc3ccc([N+](=O)[O-])cc3C2)ccc1O. The van der Waals surface area contributed by atoms with Crippen LogP contribution >= 0.6 is 12.2 Å². The number of nitro benzene ring substituents is 1. The second kappa shape index (κ2) is 6.96. The molecule has 2 aromatic rings. The quantitative estimate of drug-likeness (QED) is 0.325. The maximum absolute atomic E-state index is 11.1. The molecule has 0 aliphatic carbocycles. The van der Waals surface area contributed by atoms with E-state index in [0.29, 0.717) is 30.3 Å². The van der Waals surface area contributed by atoms with Gasteiger partial charge in [-0.3, -0.25) is 10.1 Å². The molecule has 1 aliphatic rings. The summed E-state index contributed by atoms with van der Waals surface area (Å²) in [6.45, 7) is 1.06. The molecule has 0 saturated carbocycles. The summed E-state index contributed by atoms with van der Waals surface area (Å²) in [7, 11) is 0. The van der Waals surface area contributed by atoms with Crippen LogP contribution in [0.5, 0.6) is 5.75 Å². The highest BCUT2D eigenvalue weighted by atomic mass is 32.1. The van der Waals surface area contributed by atoms with Gasteiger partial charge in [0, 0.05) is 30.9 Å². The minimum atomic E-state index is -1.24. The number of phenols is 1. The van der Waals surface area contributed by atoms with Gasteiger partial charge in [-0.2, -0.15) is 0 Å². The summed E-state index contributed by atoms with van der Waals surface area (Å²) in [4.78, 5) is 23.5. The summed E-state index contributed by atoms with van der Waals surface area (Å²) >= 11 is 5.38. The van der Waals surface area contributed by atoms with Crippen LogP contribution in [-0.4, -0.2) is 37.7 Å². The number of carboxylic acids is 1. The minimum absolute atomic E-state index is 0.0362. The van der Waals surface area contributed by atoms with Gasteiger partial charge in [-0.25, -0.2) is 4.79 Å². The first-order chi connectivity index (χ1) is 12.3. The molecular weight excluding hydrogens is 358 g/mol. The molecule has 9 heteroatoms. The average Bonchev–Trinajstić information content (AvgIpc) is 2.62. The molecule has 2 aromatic carbocycles. The van der Waals surface area contributed by atoms with Crippen LogP contribution < -0.4 is 5.32 Å². The van der Waals surface area contributed by atoms with Crippen LogP contribution in [-0.2, 0) is 13.0 Å². The number of hydrogen-bond donors (Lipinski definition) is 3. The molecule has 1 heterocycles. The number of carboxylic acid groups (broad SMARTS) is 1. The Bertz CT molecular complexity index is 915. The Morgan fingerprint density at radius 3 is 2.69 bits per heavy atom. The fourth-order valence-electron chi connectivity index (χ4n) is 2.82. The maximum Gasteiger partial charge on any atom is 0.339 e.